The Bertz CT molecular complexity index is 149. The van der Waals surface area contributed by atoms with E-state index >= 15 is 0 Å². The molecule has 3 nitrogen and oxygen atoms in total. The second-order valence-corrected chi connectivity index (χ2v) is 2.84. The van der Waals surface area contributed by atoms with Gasteiger partial charge in [-0.05, 0) is 6.42 Å². The lowest BCUT2D eigenvalue weighted by Crippen LogP contribution is -2.10. The summed E-state index contributed by atoms with van der Waals surface area (Å²) in [6, 6.07) is 2.23. The molecule has 0 spiro atoms. The average molecular weight is 154 g/mol. The summed E-state index contributed by atoms with van der Waals surface area (Å²) >= 11 is 0. The van der Waals surface area contributed by atoms with E-state index in [1.54, 1.807) is 0 Å². The second-order valence-electron chi connectivity index (χ2n) is 2.84. The van der Waals surface area contributed by atoms with Gasteiger partial charge in [0.2, 0.25) is 0 Å². The van der Waals surface area contributed by atoms with Gasteiger partial charge in [0, 0.05) is 13.1 Å². The zero-order chi connectivity index (χ0) is 8.10. The summed E-state index contributed by atoms with van der Waals surface area (Å²) in [5.41, 5.74) is 0. The predicted molar refractivity (Wildman–Crippen MR) is 41.5 cm³/mol. The number of nitriles is 1. The van der Waals surface area contributed by atoms with Crippen LogP contribution in [0.1, 0.15) is 19.8 Å². The van der Waals surface area contributed by atoms with E-state index in [-0.39, 0.29) is 5.92 Å². The normalized spacial score (nSPS) is 19.3. The Morgan fingerprint density at radius 2 is 2.36 bits per heavy atom. The number of hydroxylamine groups is 2. The van der Waals surface area contributed by atoms with Gasteiger partial charge in [-0.3, -0.25) is 4.84 Å². The van der Waals surface area contributed by atoms with Gasteiger partial charge in [-0.2, -0.15) is 10.3 Å². The fraction of sp³-hybridized carbons (Fsp3) is 0.875. The Morgan fingerprint density at radius 3 is 2.82 bits per heavy atom. The van der Waals surface area contributed by atoms with Crippen LogP contribution in [0.5, 0.6) is 0 Å². The van der Waals surface area contributed by atoms with Gasteiger partial charge in [0.25, 0.3) is 0 Å². The summed E-state index contributed by atoms with van der Waals surface area (Å²) in [7, 11) is 0. The van der Waals surface area contributed by atoms with Crippen molar-refractivity contribution < 1.29 is 4.84 Å². The van der Waals surface area contributed by atoms with Gasteiger partial charge in [-0.15, -0.1) is 0 Å². The molecule has 0 radical (unpaired) electrons. The maximum absolute atomic E-state index is 8.64. The quantitative estimate of drug-likeness (QED) is 0.558. The summed E-state index contributed by atoms with van der Waals surface area (Å²) in [6.07, 6.45) is 2.01. The number of rotatable bonds is 5. The lowest BCUT2D eigenvalue weighted by molar-refractivity contribution is -0.0745. The molecule has 0 aromatic carbocycles. The summed E-state index contributed by atoms with van der Waals surface area (Å²) in [5, 5.41) is 10.5. The van der Waals surface area contributed by atoms with Crippen molar-refractivity contribution in [2.24, 2.45) is 5.92 Å². The zero-order valence-corrected chi connectivity index (χ0v) is 6.92. The Balaban J connectivity index is 2.05. The molecular formula is C8H14N2O. The Labute approximate surface area is 67.5 Å². The van der Waals surface area contributed by atoms with Crippen LogP contribution in [0.15, 0.2) is 0 Å². The van der Waals surface area contributed by atoms with E-state index in [1.807, 2.05) is 5.06 Å². The first kappa shape index (κ1) is 8.51. The molecule has 62 valence electrons. The molecule has 1 aliphatic rings. The molecule has 0 amide bonds. The van der Waals surface area contributed by atoms with Crippen molar-refractivity contribution in [1.82, 2.24) is 5.06 Å². The minimum Gasteiger partial charge on any atom is -0.298 e. The molecule has 1 rings (SSSR count). The highest BCUT2D eigenvalue weighted by Gasteiger charge is 2.19. The summed E-state index contributed by atoms with van der Waals surface area (Å²) in [6.45, 7) is 4.72. The topological polar surface area (TPSA) is 36.0 Å². The van der Waals surface area contributed by atoms with Gasteiger partial charge in [0.15, 0.2) is 0 Å². The summed E-state index contributed by atoms with van der Waals surface area (Å²) in [4.78, 5) is 5.27. The first-order chi connectivity index (χ1) is 5.36. The smallest absolute Gasteiger partial charge is 0.0843 e. The van der Waals surface area contributed by atoms with Gasteiger partial charge in [-0.1, -0.05) is 13.3 Å². The van der Waals surface area contributed by atoms with Crippen LogP contribution in [0, 0.1) is 17.2 Å². The molecular weight excluding hydrogens is 140 g/mol. The van der Waals surface area contributed by atoms with Crippen LogP contribution in [0.3, 0.4) is 0 Å². The highest BCUT2D eigenvalue weighted by Crippen LogP contribution is 2.10. The van der Waals surface area contributed by atoms with Crippen LogP contribution in [-0.2, 0) is 4.84 Å². The molecule has 0 saturated carbocycles. The van der Waals surface area contributed by atoms with E-state index < -0.39 is 0 Å². The van der Waals surface area contributed by atoms with Crippen LogP contribution in [0.2, 0.25) is 0 Å². The van der Waals surface area contributed by atoms with Crippen LogP contribution in [0.4, 0.5) is 0 Å². The molecule has 1 atom stereocenters. The lowest BCUT2D eigenvalue weighted by atomic mass is 10.1. The van der Waals surface area contributed by atoms with Crippen molar-refractivity contribution in [2.45, 2.75) is 19.8 Å². The summed E-state index contributed by atoms with van der Waals surface area (Å²) < 4.78 is 0. The van der Waals surface area contributed by atoms with Gasteiger partial charge < -0.3 is 0 Å². The van der Waals surface area contributed by atoms with E-state index in [1.165, 1.54) is 0 Å². The van der Waals surface area contributed by atoms with Crippen LogP contribution >= 0.6 is 0 Å². The first-order valence-electron chi connectivity index (χ1n) is 4.14. The Hall–Kier alpha value is -0.590. The third-order valence-corrected chi connectivity index (χ3v) is 1.68. The second kappa shape index (κ2) is 4.32. The standard InChI is InChI=1S/C8H14N2O/c1-2-3-8(6-9)7-11-10-4-5-10/h8H,2-5,7H2,1H3. The molecule has 0 aromatic rings. The highest BCUT2D eigenvalue weighted by molar-refractivity contribution is 4.82. The maximum Gasteiger partial charge on any atom is 0.0843 e. The number of nitrogens with zero attached hydrogens (tertiary/aromatic N) is 2. The minimum absolute atomic E-state index is 0.0839. The molecule has 1 fully saturated rings. The number of hydrogen-bond donors (Lipinski definition) is 0. The van der Waals surface area contributed by atoms with Crippen LogP contribution in [0.25, 0.3) is 0 Å². The van der Waals surface area contributed by atoms with E-state index in [4.69, 9.17) is 10.1 Å². The third kappa shape index (κ3) is 3.35. The SMILES string of the molecule is CCCC(C#N)CON1CC1. The predicted octanol–water partition coefficient (Wildman–Crippen LogP) is 1.17. The van der Waals surface area contributed by atoms with Gasteiger partial charge >= 0.3 is 0 Å². The molecule has 1 saturated heterocycles. The lowest BCUT2D eigenvalue weighted by Gasteiger charge is -2.07. The summed E-state index contributed by atoms with van der Waals surface area (Å²) in [5.74, 6) is 0.0839. The minimum atomic E-state index is 0.0839. The Kier molecular flexibility index (Phi) is 3.34. The van der Waals surface area contributed by atoms with Gasteiger partial charge in [0.05, 0.1) is 18.6 Å². The Morgan fingerprint density at radius 1 is 1.64 bits per heavy atom. The van der Waals surface area contributed by atoms with Crippen molar-refractivity contribution in [2.75, 3.05) is 19.7 Å². The fourth-order valence-corrected chi connectivity index (χ4v) is 0.899. The largest absolute Gasteiger partial charge is 0.298 e. The van der Waals surface area contributed by atoms with E-state index in [2.05, 4.69) is 13.0 Å². The molecule has 1 unspecified atom stereocenters. The van der Waals surface area contributed by atoms with Crippen molar-refractivity contribution >= 4 is 0 Å². The van der Waals surface area contributed by atoms with Crippen molar-refractivity contribution in [1.29, 1.82) is 5.26 Å². The maximum atomic E-state index is 8.64. The molecule has 0 N–H and O–H groups in total. The zero-order valence-electron chi connectivity index (χ0n) is 6.92. The van der Waals surface area contributed by atoms with Crippen molar-refractivity contribution in [3.8, 4) is 6.07 Å². The van der Waals surface area contributed by atoms with E-state index in [0.717, 1.165) is 25.9 Å². The molecule has 1 heterocycles. The third-order valence-electron chi connectivity index (χ3n) is 1.68. The molecule has 0 bridgehead atoms. The molecule has 11 heavy (non-hydrogen) atoms. The van der Waals surface area contributed by atoms with Gasteiger partial charge in [-0.25, -0.2) is 0 Å². The highest BCUT2D eigenvalue weighted by atomic mass is 16.7. The van der Waals surface area contributed by atoms with Gasteiger partial charge in [0.1, 0.15) is 0 Å². The molecule has 1 aliphatic heterocycles. The number of hydrogen-bond acceptors (Lipinski definition) is 3. The van der Waals surface area contributed by atoms with Crippen molar-refractivity contribution in [3.05, 3.63) is 0 Å². The van der Waals surface area contributed by atoms with Crippen LogP contribution in [-0.4, -0.2) is 24.8 Å². The van der Waals surface area contributed by atoms with Crippen LogP contribution < -0.4 is 0 Å². The molecule has 3 heteroatoms. The molecule has 0 aliphatic carbocycles. The van der Waals surface area contributed by atoms with E-state index in [9.17, 15) is 0 Å². The first-order valence-corrected chi connectivity index (χ1v) is 4.14. The van der Waals surface area contributed by atoms with Crippen molar-refractivity contribution in [3.63, 3.8) is 0 Å². The monoisotopic (exact) mass is 154 g/mol. The fourth-order valence-electron chi connectivity index (χ4n) is 0.899. The molecule has 0 aromatic heterocycles. The average Bonchev–Trinajstić information content (AvgIpc) is 2.81. The van der Waals surface area contributed by atoms with E-state index in [0.29, 0.717) is 6.61 Å².